The molecule has 0 aliphatic rings. The van der Waals surface area contributed by atoms with E-state index in [1.807, 2.05) is 36.5 Å². The van der Waals surface area contributed by atoms with Crippen molar-refractivity contribution in [3.05, 3.63) is 176 Å². The molecule has 10 rings (SSSR count). The first-order valence-electron chi connectivity index (χ1n) is 17.1. The third kappa shape index (κ3) is 5.03. The zero-order valence-corrected chi connectivity index (χ0v) is 27.5. The monoisotopic (exact) mass is 651 g/mol. The fraction of sp³-hybridized carbons (Fsp3) is 0. The van der Waals surface area contributed by atoms with Crippen LogP contribution in [-0.4, -0.2) is 24.5 Å². The number of fused-ring (bicyclic) bond motifs is 6. The van der Waals surface area contributed by atoms with E-state index in [1.165, 1.54) is 32.5 Å². The Bertz CT molecular complexity index is 2900. The van der Waals surface area contributed by atoms with Gasteiger partial charge in [-0.15, -0.1) is 0 Å². The second kappa shape index (κ2) is 11.9. The van der Waals surface area contributed by atoms with E-state index in [4.69, 9.17) is 19.9 Å². The minimum Gasteiger partial charge on any atom is -0.294 e. The summed E-state index contributed by atoms with van der Waals surface area (Å²) in [5.74, 6) is 2.64. The average Bonchev–Trinajstić information content (AvgIpc) is 3.55. The Balaban J connectivity index is 1.14. The standard InChI is InChI=1S/C46H29N5/c1-3-11-30(12-4-1)35-21-24-39-41(28-35)51(40-25-22-32-14-9-10-18-38(32)43(39)40)42-26-23-37(29-47-42)46-49-44(33-15-5-2-6-16-33)48-45(50-46)36-20-19-31-13-7-8-17-34(31)27-36/h1-29H. The highest BCUT2D eigenvalue weighted by molar-refractivity contribution is 6.21. The van der Waals surface area contributed by atoms with E-state index in [9.17, 15) is 0 Å². The number of rotatable bonds is 5. The van der Waals surface area contributed by atoms with Crippen LogP contribution < -0.4 is 0 Å². The van der Waals surface area contributed by atoms with Crippen molar-refractivity contribution in [1.29, 1.82) is 0 Å². The summed E-state index contributed by atoms with van der Waals surface area (Å²) in [6, 6.07) is 59.1. The molecule has 0 atom stereocenters. The van der Waals surface area contributed by atoms with Crippen molar-refractivity contribution in [2.24, 2.45) is 0 Å². The van der Waals surface area contributed by atoms with Gasteiger partial charge in [0.2, 0.25) is 0 Å². The van der Waals surface area contributed by atoms with Crippen LogP contribution in [0.2, 0.25) is 0 Å². The minimum atomic E-state index is 0.575. The molecular weight excluding hydrogens is 623 g/mol. The lowest BCUT2D eigenvalue weighted by Gasteiger charge is -2.11. The van der Waals surface area contributed by atoms with Gasteiger partial charge in [0, 0.05) is 33.7 Å². The summed E-state index contributed by atoms with van der Waals surface area (Å²) < 4.78 is 2.27. The summed E-state index contributed by atoms with van der Waals surface area (Å²) in [7, 11) is 0. The lowest BCUT2D eigenvalue weighted by Crippen LogP contribution is -2.02. The highest BCUT2D eigenvalue weighted by Crippen LogP contribution is 2.38. The van der Waals surface area contributed by atoms with Crippen LogP contribution in [0.25, 0.3) is 94.5 Å². The van der Waals surface area contributed by atoms with Crippen LogP contribution >= 0.6 is 0 Å². The summed E-state index contributed by atoms with van der Waals surface area (Å²) in [6.45, 7) is 0. The summed E-state index contributed by atoms with van der Waals surface area (Å²) in [5.41, 5.74) is 7.23. The first-order valence-corrected chi connectivity index (χ1v) is 17.1. The summed E-state index contributed by atoms with van der Waals surface area (Å²) in [6.07, 6.45) is 1.88. The van der Waals surface area contributed by atoms with Crippen LogP contribution in [0, 0.1) is 0 Å². The van der Waals surface area contributed by atoms with Crippen molar-refractivity contribution in [3.63, 3.8) is 0 Å². The van der Waals surface area contributed by atoms with Crippen molar-refractivity contribution in [2.45, 2.75) is 0 Å². The Hall–Kier alpha value is -6.98. The molecular formula is C46H29N5. The molecule has 0 saturated carbocycles. The predicted molar refractivity (Wildman–Crippen MR) is 209 cm³/mol. The molecule has 3 aromatic heterocycles. The number of hydrogen-bond acceptors (Lipinski definition) is 4. The molecule has 0 fully saturated rings. The highest BCUT2D eigenvalue weighted by atomic mass is 15.1. The quantitative estimate of drug-likeness (QED) is 0.186. The molecule has 238 valence electrons. The molecule has 0 amide bonds. The van der Waals surface area contributed by atoms with Crippen LogP contribution in [0.3, 0.4) is 0 Å². The van der Waals surface area contributed by atoms with Gasteiger partial charge in [0.25, 0.3) is 0 Å². The fourth-order valence-corrected chi connectivity index (χ4v) is 7.17. The molecule has 0 saturated heterocycles. The van der Waals surface area contributed by atoms with Gasteiger partial charge in [0.15, 0.2) is 17.5 Å². The maximum atomic E-state index is 5.09. The van der Waals surface area contributed by atoms with Crippen LogP contribution in [0.1, 0.15) is 0 Å². The van der Waals surface area contributed by atoms with Gasteiger partial charge >= 0.3 is 0 Å². The SMILES string of the molecule is c1ccc(-c2ccc3c4c5ccccc5ccc4n(-c4ccc(-c5nc(-c6ccccc6)nc(-c6ccc7ccccc7c6)n5)cn4)c3c2)cc1. The highest BCUT2D eigenvalue weighted by Gasteiger charge is 2.18. The largest absolute Gasteiger partial charge is 0.294 e. The van der Waals surface area contributed by atoms with Gasteiger partial charge in [-0.2, -0.15) is 0 Å². The molecule has 5 nitrogen and oxygen atoms in total. The van der Waals surface area contributed by atoms with Crippen molar-refractivity contribution < 1.29 is 0 Å². The van der Waals surface area contributed by atoms with E-state index < -0.39 is 0 Å². The molecule has 0 bridgehead atoms. The van der Waals surface area contributed by atoms with E-state index in [1.54, 1.807) is 0 Å². The zero-order chi connectivity index (χ0) is 33.7. The first kappa shape index (κ1) is 29.0. The molecule has 0 aliphatic carbocycles. The third-order valence-corrected chi connectivity index (χ3v) is 9.67. The molecule has 0 aliphatic heterocycles. The first-order chi connectivity index (χ1) is 25.3. The minimum absolute atomic E-state index is 0.575. The normalized spacial score (nSPS) is 11.5. The lowest BCUT2D eigenvalue weighted by atomic mass is 10.0. The maximum Gasteiger partial charge on any atom is 0.165 e. The second-order valence-corrected chi connectivity index (χ2v) is 12.8. The van der Waals surface area contributed by atoms with Gasteiger partial charge in [-0.3, -0.25) is 4.57 Å². The molecule has 0 radical (unpaired) electrons. The number of nitrogens with zero attached hydrogens (tertiary/aromatic N) is 5. The second-order valence-electron chi connectivity index (χ2n) is 12.8. The van der Waals surface area contributed by atoms with Crippen molar-refractivity contribution in [3.8, 4) is 51.1 Å². The Morgan fingerprint density at radius 2 is 0.961 bits per heavy atom. The molecule has 3 heterocycles. The molecule has 5 heteroatoms. The Morgan fingerprint density at radius 1 is 0.353 bits per heavy atom. The number of benzene rings is 7. The van der Waals surface area contributed by atoms with E-state index in [0.29, 0.717) is 17.5 Å². The van der Waals surface area contributed by atoms with E-state index in [2.05, 4.69) is 144 Å². The molecule has 0 spiro atoms. The van der Waals surface area contributed by atoms with Crippen LogP contribution in [-0.2, 0) is 0 Å². The Labute approximate surface area is 294 Å². The molecule has 10 aromatic rings. The van der Waals surface area contributed by atoms with Gasteiger partial charge in [-0.05, 0) is 63.0 Å². The van der Waals surface area contributed by atoms with E-state index >= 15 is 0 Å². The Morgan fingerprint density at radius 3 is 1.73 bits per heavy atom. The van der Waals surface area contributed by atoms with Gasteiger partial charge in [0.1, 0.15) is 5.82 Å². The number of aromatic nitrogens is 5. The van der Waals surface area contributed by atoms with Crippen LogP contribution in [0.15, 0.2) is 176 Å². The predicted octanol–water partition coefficient (Wildman–Crippen LogP) is 11.3. The van der Waals surface area contributed by atoms with Gasteiger partial charge in [-0.1, -0.05) is 140 Å². The summed E-state index contributed by atoms with van der Waals surface area (Å²) in [4.78, 5) is 20.0. The van der Waals surface area contributed by atoms with E-state index in [0.717, 1.165) is 44.5 Å². The maximum absolute atomic E-state index is 5.09. The number of hydrogen-bond donors (Lipinski definition) is 0. The average molecular weight is 652 g/mol. The zero-order valence-electron chi connectivity index (χ0n) is 27.5. The fourth-order valence-electron chi connectivity index (χ4n) is 7.17. The third-order valence-electron chi connectivity index (χ3n) is 9.67. The smallest absolute Gasteiger partial charge is 0.165 e. The number of pyridine rings is 1. The van der Waals surface area contributed by atoms with Gasteiger partial charge in [-0.25, -0.2) is 19.9 Å². The van der Waals surface area contributed by atoms with Crippen molar-refractivity contribution >= 4 is 43.4 Å². The van der Waals surface area contributed by atoms with Crippen LogP contribution in [0.4, 0.5) is 0 Å². The van der Waals surface area contributed by atoms with Gasteiger partial charge < -0.3 is 0 Å². The van der Waals surface area contributed by atoms with Crippen molar-refractivity contribution in [1.82, 2.24) is 24.5 Å². The van der Waals surface area contributed by atoms with Gasteiger partial charge in [0.05, 0.1) is 11.0 Å². The molecule has 51 heavy (non-hydrogen) atoms. The summed E-state index contributed by atoms with van der Waals surface area (Å²) >= 11 is 0. The molecule has 7 aromatic carbocycles. The Kier molecular flexibility index (Phi) is 6.74. The summed E-state index contributed by atoms with van der Waals surface area (Å²) in [5, 5.41) is 7.16. The molecule has 0 unspecified atom stereocenters. The lowest BCUT2D eigenvalue weighted by molar-refractivity contribution is 1.05. The topological polar surface area (TPSA) is 56.5 Å². The van der Waals surface area contributed by atoms with Crippen LogP contribution in [0.5, 0.6) is 0 Å². The van der Waals surface area contributed by atoms with E-state index in [-0.39, 0.29) is 0 Å². The van der Waals surface area contributed by atoms with Crippen molar-refractivity contribution in [2.75, 3.05) is 0 Å². The molecule has 0 N–H and O–H groups in total.